The molecule has 0 bridgehead atoms. The minimum Gasteiger partial charge on any atom is -0.497 e. The number of aryl methyl sites for hydroxylation is 1. The highest BCUT2D eigenvalue weighted by Gasteiger charge is 2.30. The quantitative estimate of drug-likeness (QED) is 0.324. The highest BCUT2D eigenvalue weighted by molar-refractivity contribution is 5.95. The van der Waals surface area contributed by atoms with Gasteiger partial charge in [-0.15, -0.1) is 0 Å². The van der Waals surface area contributed by atoms with Crippen molar-refractivity contribution in [2.45, 2.75) is 26.3 Å². The number of imidazole rings is 1. The number of hydrogen-bond donors (Lipinski definition) is 2. The van der Waals surface area contributed by atoms with Crippen LogP contribution in [0.15, 0.2) is 67.3 Å². The zero-order chi connectivity index (χ0) is 26.2. The van der Waals surface area contributed by atoms with Gasteiger partial charge in [0, 0.05) is 48.2 Å². The number of nitrogens with one attached hydrogen (secondary N) is 1. The third kappa shape index (κ3) is 4.66. The number of hydrogen-bond acceptors (Lipinski definition) is 7. The number of nitrogens with zero attached hydrogens (tertiary/aromatic N) is 5. The molecule has 0 atom stereocenters. The van der Waals surface area contributed by atoms with Crippen molar-refractivity contribution in [3.8, 4) is 28.5 Å². The van der Waals surface area contributed by atoms with Crippen molar-refractivity contribution in [3.05, 3.63) is 78.4 Å². The van der Waals surface area contributed by atoms with Gasteiger partial charge in [-0.05, 0) is 66.6 Å². The number of fused-ring (bicyclic) bond motifs is 1. The van der Waals surface area contributed by atoms with Gasteiger partial charge >= 0.3 is 0 Å². The van der Waals surface area contributed by atoms with E-state index in [-0.39, 0.29) is 11.8 Å². The second-order valence-electron chi connectivity index (χ2n) is 9.56. The van der Waals surface area contributed by atoms with Crippen LogP contribution >= 0.6 is 0 Å². The smallest absolute Gasteiger partial charge is 0.228 e. The molecule has 9 nitrogen and oxygen atoms in total. The number of nitrogens with two attached hydrogens (primary N) is 1. The zero-order valence-electron chi connectivity index (χ0n) is 21.2. The number of amides is 1. The highest BCUT2D eigenvalue weighted by atomic mass is 16.5. The number of methoxy groups -OCH3 is 1. The molecule has 0 saturated heterocycles. The molecule has 1 amide bonds. The minimum atomic E-state index is 0.00690. The van der Waals surface area contributed by atoms with Crippen LogP contribution in [0.3, 0.4) is 0 Å². The predicted octanol–water partition coefficient (Wildman–Crippen LogP) is 4.85. The van der Waals surface area contributed by atoms with E-state index in [0.717, 1.165) is 51.7 Å². The van der Waals surface area contributed by atoms with Crippen molar-refractivity contribution in [1.82, 2.24) is 24.5 Å². The lowest BCUT2D eigenvalue weighted by Crippen LogP contribution is -2.13. The van der Waals surface area contributed by atoms with Gasteiger partial charge in [0.1, 0.15) is 17.3 Å². The number of benzene rings is 1. The van der Waals surface area contributed by atoms with Gasteiger partial charge in [0.25, 0.3) is 0 Å². The lowest BCUT2D eigenvalue weighted by Gasteiger charge is -2.11. The maximum Gasteiger partial charge on any atom is 0.228 e. The molecule has 9 heteroatoms. The average molecular weight is 506 g/mol. The number of nitrogen functional groups attached to an aromatic ring is 1. The second-order valence-corrected chi connectivity index (χ2v) is 9.56. The molecule has 38 heavy (non-hydrogen) atoms. The first-order valence-corrected chi connectivity index (χ1v) is 12.5. The van der Waals surface area contributed by atoms with Crippen molar-refractivity contribution in [2.24, 2.45) is 5.92 Å². The average Bonchev–Trinajstić information content (AvgIpc) is 3.71. The van der Waals surface area contributed by atoms with Crippen LogP contribution in [-0.4, -0.2) is 37.5 Å². The molecule has 1 fully saturated rings. The van der Waals surface area contributed by atoms with Crippen LogP contribution in [-0.2, 0) is 11.3 Å². The Balaban J connectivity index is 1.42. The number of rotatable bonds is 7. The molecule has 4 aromatic heterocycles. The Bertz CT molecular complexity index is 1660. The first-order valence-electron chi connectivity index (χ1n) is 12.5. The summed E-state index contributed by atoms with van der Waals surface area (Å²) in [5.74, 6) is 2.43. The molecule has 5 aromatic rings. The Kier molecular flexibility index (Phi) is 5.95. The molecule has 3 N–H and O–H groups in total. The molecule has 1 saturated carbocycles. The summed E-state index contributed by atoms with van der Waals surface area (Å²) in [6.45, 7) is 2.56. The predicted molar refractivity (Wildman–Crippen MR) is 147 cm³/mol. The van der Waals surface area contributed by atoms with Gasteiger partial charge in [-0.25, -0.2) is 9.97 Å². The molecule has 1 aliphatic carbocycles. The largest absolute Gasteiger partial charge is 0.497 e. The SMILES string of the molecule is COc1ccc(Cn2cc(NC(=O)C3CC3)nc2-c2cc3cc(-c4cnccc4C)nc(N)c3cn2)cc1. The second kappa shape index (κ2) is 9.59. The maximum atomic E-state index is 12.5. The Morgan fingerprint density at radius 1 is 1.11 bits per heavy atom. The molecule has 0 radical (unpaired) electrons. The Morgan fingerprint density at radius 3 is 2.63 bits per heavy atom. The Labute approximate surface area is 219 Å². The van der Waals surface area contributed by atoms with Gasteiger partial charge in [0.05, 0.1) is 12.8 Å². The first kappa shape index (κ1) is 23.6. The van der Waals surface area contributed by atoms with Gasteiger partial charge in [0.15, 0.2) is 11.6 Å². The topological polar surface area (TPSA) is 121 Å². The zero-order valence-corrected chi connectivity index (χ0v) is 21.2. The number of carbonyl (C=O) groups is 1. The van der Waals surface area contributed by atoms with Crippen LogP contribution in [0.4, 0.5) is 11.6 Å². The molecule has 4 heterocycles. The lowest BCUT2D eigenvalue weighted by atomic mass is 10.1. The third-order valence-electron chi connectivity index (χ3n) is 6.78. The van der Waals surface area contributed by atoms with Crippen molar-refractivity contribution in [3.63, 3.8) is 0 Å². The summed E-state index contributed by atoms with van der Waals surface area (Å²) in [5, 5.41) is 4.62. The van der Waals surface area contributed by atoms with E-state index in [1.54, 1.807) is 25.7 Å². The summed E-state index contributed by atoms with van der Waals surface area (Å²) in [6.07, 6.45) is 8.98. The fraction of sp³-hybridized carbons (Fsp3) is 0.207. The summed E-state index contributed by atoms with van der Waals surface area (Å²) in [5.41, 5.74) is 10.8. The molecule has 0 aliphatic heterocycles. The van der Waals surface area contributed by atoms with E-state index in [9.17, 15) is 4.79 Å². The lowest BCUT2D eigenvalue weighted by molar-refractivity contribution is -0.117. The summed E-state index contributed by atoms with van der Waals surface area (Å²) < 4.78 is 7.29. The highest BCUT2D eigenvalue weighted by Crippen LogP contribution is 2.32. The molecule has 0 spiro atoms. The molecule has 1 aliphatic rings. The minimum absolute atomic E-state index is 0.00690. The molecule has 190 valence electrons. The summed E-state index contributed by atoms with van der Waals surface area (Å²) >= 11 is 0. The van der Waals surface area contributed by atoms with E-state index in [1.165, 1.54) is 0 Å². The molecule has 1 aromatic carbocycles. The molecule has 0 unspecified atom stereocenters. The van der Waals surface area contributed by atoms with Crippen LogP contribution in [0.2, 0.25) is 0 Å². The van der Waals surface area contributed by atoms with Gasteiger partial charge in [0.2, 0.25) is 5.91 Å². The van der Waals surface area contributed by atoms with Crippen LogP contribution in [0, 0.1) is 12.8 Å². The normalized spacial score (nSPS) is 13.0. The van der Waals surface area contributed by atoms with Gasteiger partial charge in [-0.1, -0.05) is 12.1 Å². The Morgan fingerprint density at radius 2 is 1.89 bits per heavy atom. The van der Waals surface area contributed by atoms with E-state index in [2.05, 4.69) is 20.3 Å². The first-order chi connectivity index (χ1) is 18.5. The van der Waals surface area contributed by atoms with Crippen molar-refractivity contribution in [1.29, 1.82) is 0 Å². The fourth-order valence-electron chi connectivity index (χ4n) is 4.47. The summed E-state index contributed by atoms with van der Waals surface area (Å²) in [6, 6.07) is 13.8. The van der Waals surface area contributed by atoms with E-state index >= 15 is 0 Å². The van der Waals surface area contributed by atoms with Crippen LogP contribution in [0.1, 0.15) is 24.0 Å². The van der Waals surface area contributed by atoms with Gasteiger partial charge < -0.3 is 20.4 Å². The number of aromatic nitrogens is 5. The number of carbonyl (C=O) groups excluding carboxylic acids is 1. The van der Waals surface area contributed by atoms with E-state index in [0.29, 0.717) is 29.7 Å². The number of ether oxygens (including phenoxy) is 1. The van der Waals surface area contributed by atoms with Gasteiger partial charge in [-0.3, -0.25) is 14.8 Å². The summed E-state index contributed by atoms with van der Waals surface area (Å²) in [4.78, 5) is 30.8. The summed E-state index contributed by atoms with van der Waals surface area (Å²) in [7, 11) is 1.65. The molecular weight excluding hydrogens is 478 g/mol. The van der Waals surface area contributed by atoms with Crippen molar-refractivity contribution in [2.75, 3.05) is 18.2 Å². The van der Waals surface area contributed by atoms with Crippen LogP contribution in [0.25, 0.3) is 33.5 Å². The number of anilines is 2. The maximum absolute atomic E-state index is 12.5. The van der Waals surface area contributed by atoms with E-state index in [1.807, 2.05) is 60.2 Å². The van der Waals surface area contributed by atoms with Crippen molar-refractivity contribution >= 4 is 28.3 Å². The Hall–Kier alpha value is -4.79. The standard InChI is InChI=1S/C29H27N7O2/c1-17-9-10-31-13-22(17)24-11-20-12-25(32-14-23(20)27(30)33-24)28-34-26(35-29(37)19-5-6-19)16-36(28)15-18-3-7-21(38-2)8-4-18/h3-4,7-14,16,19H,5-6,15H2,1-2H3,(H2,30,33)(H,35,37). The van der Waals surface area contributed by atoms with E-state index < -0.39 is 0 Å². The van der Waals surface area contributed by atoms with Crippen LogP contribution in [0.5, 0.6) is 5.75 Å². The fourth-order valence-corrected chi connectivity index (χ4v) is 4.47. The van der Waals surface area contributed by atoms with Crippen LogP contribution < -0.4 is 15.8 Å². The van der Waals surface area contributed by atoms with E-state index in [4.69, 9.17) is 15.5 Å². The third-order valence-corrected chi connectivity index (χ3v) is 6.78. The monoisotopic (exact) mass is 505 g/mol. The van der Waals surface area contributed by atoms with Crippen molar-refractivity contribution < 1.29 is 9.53 Å². The van der Waals surface area contributed by atoms with Gasteiger partial charge in [-0.2, -0.15) is 0 Å². The number of pyridine rings is 3. The molecule has 6 rings (SSSR count). The molecular formula is C29H27N7O2.